The standard InChI is InChI=1S/C12H13ClFN3O/c13-10-5-8(1-2-11(10)14)17-7-9-6-15-3-4-16(9)12(17)18/h1-2,5,9,15H,3-4,6-7H2. The fourth-order valence-electron chi connectivity index (χ4n) is 2.49. The van der Waals surface area contributed by atoms with Gasteiger partial charge in [0.1, 0.15) is 5.82 Å². The number of hydrogen-bond donors (Lipinski definition) is 1. The maximum Gasteiger partial charge on any atom is 0.324 e. The third kappa shape index (κ3) is 1.83. The molecule has 2 amide bonds. The second-order valence-corrected chi connectivity index (χ2v) is 4.95. The SMILES string of the molecule is O=C1N(c2ccc(F)c(Cl)c2)CC2CNCCN12. The average molecular weight is 270 g/mol. The molecule has 2 saturated heterocycles. The van der Waals surface area contributed by atoms with Gasteiger partial charge in [-0.05, 0) is 18.2 Å². The molecular formula is C12H13ClFN3O. The van der Waals surface area contributed by atoms with Crippen molar-refractivity contribution in [3.05, 3.63) is 29.0 Å². The summed E-state index contributed by atoms with van der Waals surface area (Å²) in [6.45, 7) is 2.96. The molecule has 6 heteroatoms. The van der Waals surface area contributed by atoms with E-state index in [1.165, 1.54) is 12.1 Å². The van der Waals surface area contributed by atoms with E-state index >= 15 is 0 Å². The molecule has 1 unspecified atom stereocenters. The number of carbonyl (C=O) groups is 1. The highest BCUT2D eigenvalue weighted by Crippen LogP contribution is 2.28. The number of rotatable bonds is 1. The Hall–Kier alpha value is -1.33. The Morgan fingerprint density at radius 3 is 3.00 bits per heavy atom. The molecule has 2 heterocycles. The number of piperazine rings is 1. The van der Waals surface area contributed by atoms with Crippen molar-refractivity contribution in [2.75, 3.05) is 31.1 Å². The van der Waals surface area contributed by atoms with E-state index in [-0.39, 0.29) is 17.1 Å². The van der Waals surface area contributed by atoms with Gasteiger partial charge in [-0.2, -0.15) is 0 Å². The molecule has 2 aliphatic rings. The topological polar surface area (TPSA) is 35.6 Å². The van der Waals surface area contributed by atoms with Gasteiger partial charge in [-0.25, -0.2) is 9.18 Å². The molecule has 0 aliphatic carbocycles. The number of nitrogens with one attached hydrogen (secondary N) is 1. The molecular weight excluding hydrogens is 257 g/mol. The summed E-state index contributed by atoms with van der Waals surface area (Å²) in [7, 11) is 0. The van der Waals surface area contributed by atoms with Crippen molar-refractivity contribution < 1.29 is 9.18 Å². The van der Waals surface area contributed by atoms with Crippen LogP contribution < -0.4 is 10.2 Å². The van der Waals surface area contributed by atoms with E-state index in [2.05, 4.69) is 5.32 Å². The minimum absolute atomic E-state index is 0.0239. The first-order valence-electron chi connectivity index (χ1n) is 5.91. The molecule has 18 heavy (non-hydrogen) atoms. The van der Waals surface area contributed by atoms with Crippen molar-refractivity contribution in [2.24, 2.45) is 0 Å². The van der Waals surface area contributed by atoms with E-state index in [0.717, 1.165) is 19.6 Å². The molecule has 0 bridgehead atoms. The maximum atomic E-state index is 13.1. The Kier molecular flexibility index (Phi) is 2.87. The van der Waals surface area contributed by atoms with Crippen LogP contribution in [0.25, 0.3) is 0 Å². The minimum Gasteiger partial charge on any atom is -0.317 e. The number of nitrogens with zero attached hydrogens (tertiary/aromatic N) is 2. The number of halogens is 2. The van der Waals surface area contributed by atoms with E-state index in [9.17, 15) is 9.18 Å². The number of benzene rings is 1. The first kappa shape index (κ1) is 11.7. The van der Waals surface area contributed by atoms with Crippen LogP contribution in [0.4, 0.5) is 14.9 Å². The van der Waals surface area contributed by atoms with Gasteiger partial charge in [-0.1, -0.05) is 11.6 Å². The Labute approximate surface area is 109 Å². The zero-order valence-corrected chi connectivity index (χ0v) is 10.5. The third-order valence-corrected chi connectivity index (χ3v) is 3.72. The van der Waals surface area contributed by atoms with Gasteiger partial charge < -0.3 is 10.2 Å². The van der Waals surface area contributed by atoms with Crippen LogP contribution in [0.1, 0.15) is 0 Å². The Balaban J connectivity index is 1.88. The van der Waals surface area contributed by atoms with Crippen molar-refractivity contribution in [3.8, 4) is 0 Å². The summed E-state index contributed by atoms with van der Waals surface area (Å²) < 4.78 is 13.1. The van der Waals surface area contributed by atoms with Crippen LogP contribution in [-0.2, 0) is 0 Å². The fourth-order valence-corrected chi connectivity index (χ4v) is 2.66. The molecule has 96 valence electrons. The number of urea groups is 1. The summed E-state index contributed by atoms with van der Waals surface area (Å²) in [6, 6.07) is 4.55. The van der Waals surface area contributed by atoms with Crippen LogP contribution in [0.3, 0.4) is 0 Å². The molecule has 2 fully saturated rings. The second-order valence-electron chi connectivity index (χ2n) is 4.54. The van der Waals surface area contributed by atoms with Crippen molar-refractivity contribution >= 4 is 23.3 Å². The molecule has 0 saturated carbocycles. The monoisotopic (exact) mass is 269 g/mol. The number of fused-ring (bicyclic) bond motifs is 1. The van der Waals surface area contributed by atoms with Gasteiger partial charge in [0.15, 0.2) is 0 Å². The lowest BCUT2D eigenvalue weighted by atomic mass is 10.2. The predicted octanol–water partition coefficient (Wildman–Crippen LogP) is 1.69. The van der Waals surface area contributed by atoms with Crippen LogP contribution in [0, 0.1) is 5.82 Å². The summed E-state index contributed by atoms with van der Waals surface area (Å²) in [4.78, 5) is 15.7. The summed E-state index contributed by atoms with van der Waals surface area (Å²) in [5.41, 5.74) is 0.654. The lowest BCUT2D eigenvalue weighted by Crippen LogP contribution is -2.49. The third-order valence-electron chi connectivity index (χ3n) is 3.44. The largest absolute Gasteiger partial charge is 0.324 e. The molecule has 1 atom stereocenters. The molecule has 1 aromatic rings. The van der Waals surface area contributed by atoms with Crippen LogP contribution in [0.5, 0.6) is 0 Å². The summed E-state index contributed by atoms with van der Waals surface area (Å²) in [5.74, 6) is -0.466. The smallest absolute Gasteiger partial charge is 0.317 e. The van der Waals surface area contributed by atoms with Crippen LogP contribution >= 0.6 is 11.6 Å². The highest BCUT2D eigenvalue weighted by atomic mass is 35.5. The number of amides is 2. The Bertz CT molecular complexity index is 496. The number of hydrogen-bond acceptors (Lipinski definition) is 2. The molecule has 0 spiro atoms. The van der Waals surface area contributed by atoms with Gasteiger partial charge in [0.05, 0.1) is 11.1 Å². The lowest BCUT2D eigenvalue weighted by Gasteiger charge is -2.28. The summed E-state index contributed by atoms with van der Waals surface area (Å²) >= 11 is 5.75. The molecule has 2 aliphatic heterocycles. The molecule has 0 radical (unpaired) electrons. The minimum atomic E-state index is -0.466. The number of anilines is 1. The Morgan fingerprint density at radius 2 is 2.28 bits per heavy atom. The van der Waals surface area contributed by atoms with Crippen LogP contribution in [0.2, 0.25) is 5.02 Å². The fraction of sp³-hybridized carbons (Fsp3) is 0.417. The number of carbonyl (C=O) groups excluding carboxylic acids is 1. The van der Waals surface area contributed by atoms with Crippen molar-refractivity contribution in [1.29, 1.82) is 0 Å². The first-order valence-corrected chi connectivity index (χ1v) is 6.28. The van der Waals surface area contributed by atoms with Gasteiger partial charge in [-0.3, -0.25) is 4.90 Å². The first-order chi connectivity index (χ1) is 8.66. The molecule has 4 nitrogen and oxygen atoms in total. The van der Waals surface area contributed by atoms with Crippen LogP contribution in [-0.4, -0.2) is 43.2 Å². The predicted molar refractivity (Wildman–Crippen MR) is 67.5 cm³/mol. The van der Waals surface area contributed by atoms with E-state index < -0.39 is 5.82 Å². The van der Waals surface area contributed by atoms with E-state index in [0.29, 0.717) is 12.2 Å². The van der Waals surface area contributed by atoms with Crippen molar-refractivity contribution in [3.63, 3.8) is 0 Å². The van der Waals surface area contributed by atoms with E-state index in [1.54, 1.807) is 11.0 Å². The molecule has 1 aromatic carbocycles. The normalized spacial score (nSPS) is 23.4. The van der Waals surface area contributed by atoms with Gasteiger partial charge in [-0.15, -0.1) is 0 Å². The van der Waals surface area contributed by atoms with Gasteiger partial charge >= 0.3 is 6.03 Å². The molecule has 0 aromatic heterocycles. The molecule has 1 N–H and O–H groups in total. The lowest BCUT2D eigenvalue weighted by molar-refractivity contribution is 0.193. The highest BCUT2D eigenvalue weighted by molar-refractivity contribution is 6.31. The van der Waals surface area contributed by atoms with Crippen molar-refractivity contribution in [2.45, 2.75) is 6.04 Å². The van der Waals surface area contributed by atoms with E-state index in [1.807, 2.05) is 4.90 Å². The quantitative estimate of drug-likeness (QED) is 0.842. The Morgan fingerprint density at radius 1 is 1.44 bits per heavy atom. The van der Waals surface area contributed by atoms with E-state index in [4.69, 9.17) is 11.6 Å². The van der Waals surface area contributed by atoms with Gasteiger partial charge in [0.2, 0.25) is 0 Å². The maximum absolute atomic E-state index is 13.1. The zero-order chi connectivity index (χ0) is 12.7. The summed E-state index contributed by atoms with van der Waals surface area (Å²) in [5, 5.41) is 3.31. The van der Waals surface area contributed by atoms with Crippen molar-refractivity contribution in [1.82, 2.24) is 10.2 Å². The molecule has 3 rings (SSSR count). The average Bonchev–Trinajstić information content (AvgIpc) is 2.71. The second kappa shape index (κ2) is 4.40. The summed E-state index contributed by atoms with van der Waals surface area (Å²) in [6.07, 6.45) is 0. The van der Waals surface area contributed by atoms with Gasteiger partial charge in [0, 0.05) is 31.9 Å². The van der Waals surface area contributed by atoms with Gasteiger partial charge in [0.25, 0.3) is 0 Å². The van der Waals surface area contributed by atoms with Crippen LogP contribution in [0.15, 0.2) is 18.2 Å². The highest BCUT2D eigenvalue weighted by Gasteiger charge is 2.39. The zero-order valence-electron chi connectivity index (χ0n) is 9.70.